The molecule has 182 valence electrons. The maximum absolute atomic E-state index is 10.8. The second-order valence-corrected chi connectivity index (χ2v) is 9.28. The fourth-order valence-corrected chi connectivity index (χ4v) is 5.05. The van der Waals surface area contributed by atoms with Crippen molar-refractivity contribution in [2.75, 3.05) is 0 Å². The highest BCUT2D eigenvalue weighted by atomic mass is 16.3. The topological polar surface area (TPSA) is 55.3 Å². The first-order valence-corrected chi connectivity index (χ1v) is 12.4. The summed E-state index contributed by atoms with van der Waals surface area (Å²) in [5.74, 6) is 1.24. The molecule has 2 aromatic heterocycles. The smallest absolute Gasteiger partial charge is 0.270 e. The molecule has 5 heteroatoms. The largest absolute Gasteiger partial charge is 0.507 e. The molecule has 5 nitrogen and oxygen atoms in total. The van der Waals surface area contributed by atoms with Gasteiger partial charge in [-0.05, 0) is 66.9 Å². The van der Waals surface area contributed by atoms with Gasteiger partial charge in [0.1, 0.15) is 11.6 Å². The number of hydrogen-bond acceptors (Lipinski definition) is 3. The van der Waals surface area contributed by atoms with Crippen LogP contribution in [0, 0.1) is 20.4 Å². The van der Waals surface area contributed by atoms with Gasteiger partial charge in [0.05, 0.1) is 22.3 Å². The molecule has 4 aromatic carbocycles. The molecule has 0 atom stereocenters. The number of imidazole rings is 1. The average molecular weight is 493 g/mol. The molecule has 1 N–H and O–H groups in total. The first-order valence-electron chi connectivity index (χ1n) is 12.4. The third kappa shape index (κ3) is 3.89. The Bertz CT molecular complexity index is 1860. The molecule has 6 aromatic rings. The SMILES string of the molecule is [C-]#[N+]c1cccc(-c2cccc(-c3cccc4c3nc(-c3ccccc3O)n4-c3c(C)cccc3C)c2)n1. The molecule has 0 aliphatic heterocycles. The zero-order valence-electron chi connectivity index (χ0n) is 21.1. The third-order valence-electron chi connectivity index (χ3n) is 6.81. The van der Waals surface area contributed by atoms with Crippen LogP contribution < -0.4 is 0 Å². The molecular formula is C33H24N4O. The predicted molar refractivity (Wildman–Crippen MR) is 153 cm³/mol. The Morgan fingerprint density at radius 3 is 2.18 bits per heavy atom. The lowest BCUT2D eigenvalue weighted by molar-refractivity contribution is 0.477. The molecule has 0 saturated carbocycles. The summed E-state index contributed by atoms with van der Waals surface area (Å²) in [6.07, 6.45) is 0. The number of phenolic OH excluding ortho intramolecular Hbond substituents is 1. The van der Waals surface area contributed by atoms with E-state index >= 15 is 0 Å². The Morgan fingerprint density at radius 1 is 0.711 bits per heavy atom. The number of fused-ring (bicyclic) bond motifs is 1. The van der Waals surface area contributed by atoms with E-state index in [1.165, 1.54) is 0 Å². The zero-order valence-corrected chi connectivity index (χ0v) is 21.1. The Morgan fingerprint density at radius 2 is 1.39 bits per heavy atom. The molecule has 2 heterocycles. The molecule has 0 aliphatic rings. The standard InChI is InChI=1S/C33H24N4O/c1-21-10-6-11-22(2)32(21)37-28-17-8-15-25(31(28)36-33(37)26-14-4-5-18-29(26)38)23-12-7-13-24(20-23)27-16-9-19-30(34-3)35-27/h4-20,38H,1-2H3. The highest BCUT2D eigenvalue weighted by Crippen LogP contribution is 2.39. The van der Waals surface area contributed by atoms with Gasteiger partial charge in [-0.1, -0.05) is 73.3 Å². The molecule has 0 amide bonds. The summed E-state index contributed by atoms with van der Waals surface area (Å²) in [4.78, 5) is 13.1. The number of aryl methyl sites for hydroxylation is 2. The van der Waals surface area contributed by atoms with Gasteiger partial charge in [0.25, 0.3) is 5.82 Å². The van der Waals surface area contributed by atoms with Crippen molar-refractivity contribution in [3.63, 3.8) is 0 Å². The summed E-state index contributed by atoms with van der Waals surface area (Å²) < 4.78 is 2.16. The summed E-state index contributed by atoms with van der Waals surface area (Å²) >= 11 is 0. The van der Waals surface area contributed by atoms with Crippen molar-refractivity contribution < 1.29 is 5.11 Å². The van der Waals surface area contributed by atoms with E-state index < -0.39 is 0 Å². The van der Waals surface area contributed by atoms with Crippen molar-refractivity contribution >= 4 is 16.9 Å². The minimum Gasteiger partial charge on any atom is -0.507 e. The second kappa shape index (κ2) is 9.34. The summed E-state index contributed by atoms with van der Waals surface area (Å²) in [5, 5.41) is 10.8. The number of phenols is 1. The van der Waals surface area contributed by atoms with Crippen molar-refractivity contribution in [3.05, 3.63) is 126 Å². The van der Waals surface area contributed by atoms with Crippen LogP contribution in [-0.2, 0) is 0 Å². The maximum Gasteiger partial charge on any atom is 0.270 e. The number of rotatable bonds is 4. The van der Waals surface area contributed by atoms with Gasteiger partial charge < -0.3 is 9.95 Å². The van der Waals surface area contributed by atoms with Crippen LogP contribution in [0.3, 0.4) is 0 Å². The number of hydrogen-bond donors (Lipinski definition) is 1. The highest BCUT2D eigenvalue weighted by molar-refractivity contribution is 5.96. The van der Waals surface area contributed by atoms with Crippen LogP contribution in [0.4, 0.5) is 5.82 Å². The van der Waals surface area contributed by atoms with Gasteiger partial charge in [-0.25, -0.2) is 4.98 Å². The van der Waals surface area contributed by atoms with Crippen molar-refractivity contribution in [1.82, 2.24) is 14.5 Å². The van der Waals surface area contributed by atoms with Crippen LogP contribution in [0.5, 0.6) is 5.75 Å². The fraction of sp³-hybridized carbons (Fsp3) is 0.0606. The van der Waals surface area contributed by atoms with Crippen molar-refractivity contribution in [1.29, 1.82) is 0 Å². The van der Waals surface area contributed by atoms with E-state index in [2.05, 4.69) is 70.7 Å². The zero-order chi connectivity index (χ0) is 26.2. The van der Waals surface area contributed by atoms with Crippen LogP contribution in [0.15, 0.2) is 103 Å². The monoisotopic (exact) mass is 492 g/mol. The molecule has 0 aliphatic carbocycles. The Balaban J connectivity index is 1.63. The number of para-hydroxylation sites is 3. The van der Waals surface area contributed by atoms with Crippen molar-refractivity contribution in [2.24, 2.45) is 0 Å². The van der Waals surface area contributed by atoms with Crippen LogP contribution in [0.2, 0.25) is 0 Å². The van der Waals surface area contributed by atoms with E-state index in [1.54, 1.807) is 12.1 Å². The Kier molecular flexibility index (Phi) is 5.71. The van der Waals surface area contributed by atoms with Crippen LogP contribution in [0.25, 0.3) is 55.3 Å². The molecule has 0 bridgehead atoms. The average Bonchev–Trinajstić information content (AvgIpc) is 3.32. The Hall–Kier alpha value is -5.21. The highest BCUT2D eigenvalue weighted by Gasteiger charge is 2.21. The summed E-state index contributed by atoms with van der Waals surface area (Å²) in [7, 11) is 0. The number of nitrogens with zero attached hydrogens (tertiary/aromatic N) is 4. The summed E-state index contributed by atoms with van der Waals surface area (Å²) in [6, 6.07) is 33.4. The maximum atomic E-state index is 10.8. The van der Waals surface area contributed by atoms with E-state index in [0.717, 1.165) is 50.2 Å². The fourth-order valence-electron chi connectivity index (χ4n) is 5.05. The lowest BCUT2D eigenvalue weighted by Crippen LogP contribution is -2.02. The van der Waals surface area contributed by atoms with Crippen LogP contribution >= 0.6 is 0 Å². The first kappa shape index (κ1) is 23.2. The van der Waals surface area contributed by atoms with Gasteiger partial charge in [-0.3, -0.25) is 4.57 Å². The summed E-state index contributed by atoms with van der Waals surface area (Å²) in [5.41, 5.74) is 9.43. The number of benzene rings is 4. The summed E-state index contributed by atoms with van der Waals surface area (Å²) in [6.45, 7) is 11.5. The van der Waals surface area contributed by atoms with Gasteiger partial charge in [0.2, 0.25) is 0 Å². The lowest BCUT2D eigenvalue weighted by atomic mass is 10.00. The first-order chi connectivity index (χ1) is 18.5. The van der Waals surface area contributed by atoms with Crippen LogP contribution in [0.1, 0.15) is 11.1 Å². The quantitative estimate of drug-likeness (QED) is 0.252. The molecule has 0 fully saturated rings. The minimum absolute atomic E-state index is 0.185. The molecule has 0 radical (unpaired) electrons. The van der Waals surface area contributed by atoms with Gasteiger partial charge in [-0.2, -0.15) is 0 Å². The third-order valence-corrected chi connectivity index (χ3v) is 6.81. The number of aromatic hydroxyl groups is 1. The number of pyridine rings is 1. The van der Waals surface area contributed by atoms with E-state index in [0.29, 0.717) is 17.2 Å². The van der Waals surface area contributed by atoms with Gasteiger partial charge >= 0.3 is 0 Å². The molecule has 6 rings (SSSR count). The van der Waals surface area contributed by atoms with Gasteiger partial charge in [-0.15, -0.1) is 4.98 Å². The molecule has 0 unspecified atom stereocenters. The van der Waals surface area contributed by atoms with Crippen molar-refractivity contribution in [2.45, 2.75) is 13.8 Å². The van der Waals surface area contributed by atoms with Gasteiger partial charge in [0.15, 0.2) is 5.69 Å². The normalized spacial score (nSPS) is 11.0. The molecule has 38 heavy (non-hydrogen) atoms. The predicted octanol–water partition coefficient (Wildman–Crippen LogP) is 8.29. The Labute approximate surface area is 221 Å². The molecule has 0 spiro atoms. The van der Waals surface area contributed by atoms with E-state index in [1.807, 2.05) is 48.5 Å². The lowest BCUT2D eigenvalue weighted by Gasteiger charge is -2.16. The minimum atomic E-state index is 0.185. The second-order valence-electron chi connectivity index (χ2n) is 9.28. The van der Waals surface area contributed by atoms with Crippen LogP contribution in [-0.4, -0.2) is 19.6 Å². The van der Waals surface area contributed by atoms with Gasteiger partial charge in [0, 0.05) is 11.1 Å². The van der Waals surface area contributed by atoms with E-state index in [4.69, 9.17) is 11.6 Å². The van der Waals surface area contributed by atoms with Crippen molar-refractivity contribution in [3.8, 4) is 45.2 Å². The molecular weight excluding hydrogens is 468 g/mol. The molecule has 0 saturated heterocycles. The number of aromatic nitrogens is 3. The van der Waals surface area contributed by atoms with E-state index in [-0.39, 0.29) is 5.75 Å². The van der Waals surface area contributed by atoms with E-state index in [9.17, 15) is 5.11 Å².